The van der Waals surface area contributed by atoms with Crippen LogP contribution in [0.5, 0.6) is 5.75 Å². The molecule has 0 bridgehead atoms. The Balaban J connectivity index is 2.41. The van der Waals surface area contributed by atoms with E-state index < -0.39 is 0 Å². The smallest absolute Gasteiger partial charge is 0.131 e. The van der Waals surface area contributed by atoms with Gasteiger partial charge in [0.1, 0.15) is 10.9 Å². The van der Waals surface area contributed by atoms with Crippen LogP contribution in [0.4, 0.5) is 0 Å². The molecule has 0 unspecified atom stereocenters. The molecular formula is C15H13ClN2O. The second kappa shape index (κ2) is 4.28. The van der Waals surface area contributed by atoms with Crippen LogP contribution in [0, 0.1) is 6.92 Å². The van der Waals surface area contributed by atoms with Crippen molar-refractivity contribution in [3.63, 3.8) is 0 Å². The summed E-state index contributed by atoms with van der Waals surface area (Å²) in [6, 6.07) is 11.1. The van der Waals surface area contributed by atoms with Crippen molar-refractivity contribution >= 4 is 22.5 Å². The number of benzene rings is 1. The van der Waals surface area contributed by atoms with E-state index in [0.717, 1.165) is 16.6 Å². The van der Waals surface area contributed by atoms with Crippen LogP contribution in [0.2, 0.25) is 5.15 Å². The predicted octanol–water partition coefficient (Wildman–Crippen LogP) is 3.91. The maximum atomic E-state index is 10.0. The Morgan fingerprint density at radius 3 is 2.68 bits per heavy atom. The van der Waals surface area contributed by atoms with E-state index in [2.05, 4.69) is 15.6 Å². The van der Waals surface area contributed by atoms with Gasteiger partial charge in [0.15, 0.2) is 0 Å². The molecule has 2 aromatic heterocycles. The highest BCUT2D eigenvalue weighted by Gasteiger charge is 2.14. The van der Waals surface area contributed by atoms with Gasteiger partial charge in [-0.05, 0) is 31.2 Å². The van der Waals surface area contributed by atoms with Crippen molar-refractivity contribution in [3.8, 4) is 17.0 Å². The number of rotatable bonds is 1. The van der Waals surface area contributed by atoms with Gasteiger partial charge in [0.2, 0.25) is 0 Å². The van der Waals surface area contributed by atoms with E-state index in [1.54, 1.807) is 12.1 Å². The summed E-state index contributed by atoms with van der Waals surface area (Å²) >= 11 is 6.10. The molecule has 0 fully saturated rings. The minimum atomic E-state index is 0.208. The second-order valence-electron chi connectivity index (χ2n) is 4.59. The predicted molar refractivity (Wildman–Crippen MR) is 77.6 cm³/mol. The highest BCUT2D eigenvalue weighted by Crippen LogP contribution is 2.35. The Morgan fingerprint density at radius 1 is 1.21 bits per heavy atom. The number of hydrogen-bond donors (Lipinski definition) is 1. The molecule has 0 spiro atoms. The lowest BCUT2D eigenvalue weighted by Gasteiger charge is -2.07. The number of phenolic OH excluding ortho intramolecular Hbond substituents is 1. The van der Waals surface area contributed by atoms with Crippen LogP contribution >= 0.6 is 11.6 Å². The summed E-state index contributed by atoms with van der Waals surface area (Å²) in [4.78, 5) is 4.38. The average molecular weight is 273 g/mol. The van der Waals surface area contributed by atoms with Crippen LogP contribution in [-0.2, 0) is 7.05 Å². The zero-order chi connectivity index (χ0) is 13.6. The molecule has 1 N–H and O–H groups in total. The van der Waals surface area contributed by atoms with Gasteiger partial charge in [-0.2, -0.15) is 0 Å². The van der Waals surface area contributed by atoms with Crippen molar-refractivity contribution in [1.29, 1.82) is 0 Å². The molecule has 3 nitrogen and oxygen atoms in total. The monoisotopic (exact) mass is 272 g/mol. The quantitative estimate of drug-likeness (QED) is 0.682. The first-order chi connectivity index (χ1) is 9.08. The molecule has 0 amide bonds. The molecule has 3 rings (SSSR count). The van der Waals surface area contributed by atoms with Crippen LogP contribution in [0.3, 0.4) is 0 Å². The molecule has 0 saturated heterocycles. The summed E-state index contributed by atoms with van der Waals surface area (Å²) < 4.78 is 2.06. The molecule has 19 heavy (non-hydrogen) atoms. The first-order valence-electron chi connectivity index (χ1n) is 5.99. The molecule has 1 aromatic carbocycles. The van der Waals surface area contributed by atoms with Crippen molar-refractivity contribution in [2.45, 2.75) is 6.92 Å². The first-order valence-corrected chi connectivity index (χ1v) is 6.36. The van der Waals surface area contributed by atoms with E-state index >= 15 is 0 Å². The molecule has 0 atom stereocenters. The fourth-order valence-corrected chi connectivity index (χ4v) is 2.49. The molecule has 4 heteroatoms. The number of phenols is 1. The lowest BCUT2D eigenvalue weighted by atomic mass is 10.1. The zero-order valence-corrected chi connectivity index (χ0v) is 11.4. The van der Waals surface area contributed by atoms with E-state index in [9.17, 15) is 5.11 Å². The number of aromatic nitrogens is 2. The summed E-state index contributed by atoms with van der Waals surface area (Å²) in [5.41, 5.74) is 3.54. The van der Waals surface area contributed by atoms with Crippen LogP contribution in [0.15, 0.2) is 36.4 Å². The number of para-hydroxylation sites is 1. The lowest BCUT2D eigenvalue weighted by Crippen LogP contribution is -1.91. The van der Waals surface area contributed by atoms with Crippen LogP contribution < -0.4 is 0 Å². The number of aromatic hydroxyl groups is 1. The maximum absolute atomic E-state index is 10.0. The Bertz CT molecular complexity index is 777. The summed E-state index contributed by atoms with van der Waals surface area (Å²) in [5, 5.41) is 11.4. The third-order valence-electron chi connectivity index (χ3n) is 3.41. The maximum Gasteiger partial charge on any atom is 0.131 e. The Kier molecular flexibility index (Phi) is 2.72. The van der Waals surface area contributed by atoms with Crippen molar-refractivity contribution < 1.29 is 5.11 Å². The number of hydrogen-bond acceptors (Lipinski definition) is 2. The fraction of sp³-hybridized carbons (Fsp3) is 0.133. The summed E-state index contributed by atoms with van der Waals surface area (Å²) in [7, 11) is 1.99. The minimum Gasteiger partial charge on any atom is -0.507 e. The largest absolute Gasteiger partial charge is 0.507 e. The van der Waals surface area contributed by atoms with Crippen LogP contribution in [0.1, 0.15) is 5.69 Å². The third kappa shape index (κ3) is 1.87. The minimum absolute atomic E-state index is 0.208. The van der Waals surface area contributed by atoms with Crippen molar-refractivity contribution in [1.82, 2.24) is 9.55 Å². The summed E-state index contributed by atoms with van der Waals surface area (Å²) in [6.45, 7) is 2.03. The van der Waals surface area contributed by atoms with Gasteiger partial charge in [0.25, 0.3) is 0 Å². The van der Waals surface area contributed by atoms with Gasteiger partial charge in [0, 0.05) is 23.7 Å². The van der Waals surface area contributed by atoms with E-state index in [1.807, 2.05) is 32.2 Å². The molecule has 96 valence electrons. The number of aryl methyl sites for hydroxylation is 2. The van der Waals surface area contributed by atoms with Crippen molar-refractivity contribution in [2.24, 2.45) is 7.05 Å². The van der Waals surface area contributed by atoms with Gasteiger partial charge in [0.05, 0.1) is 11.2 Å². The van der Waals surface area contributed by atoms with Gasteiger partial charge < -0.3 is 9.67 Å². The third-order valence-corrected chi connectivity index (χ3v) is 3.60. The van der Waals surface area contributed by atoms with Crippen molar-refractivity contribution in [3.05, 3.63) is 47.2 Å². The van der Waals surface area contributed by atoms with Crippen LogP contribution in [-0.4, -0.2) is 14.7 Å². The SMILES string of the molecule is Cc1cc2c(-c3ccccc3O)nc(Cl)cc2n1C. The van der Waals surface area contributed by atoms with Gasteiger partial charge in [-0.1, -0.05) is 23.7 Å². The fourth-order valence-electron chi connectivity index (χ4n) is 2.31. The number of nitrogens with zero attached hydrogens (tertiary/aromatic N) is 2. The topological polar surface area (TPSA) is 38.1 Å². The van der Waals surface area contributed by atoms with Gasteiger partial charge in [-0.25, -0.2) is 4.98 Å². The average Bonchev–Trinajstić information content (AvgIpc) is 2.66. The molecule has 0 radical (unpaired) electrons. The van der Waals surface area contributed by atoms with Gasteiger partial charge in [-0.3, -0.25) is 0 Å². The Hall–Kier alpha value is -2.00. The van der Waals surface area contributed by atoms with E-state index in [1.165, 1.54) is 0 Å². The normalized spacial score (nSPS) is 11.1. The van der Waals surface area contributed by atoms with Gasteiger partial charge >= 0.3 is 0 Å². The highest BCUT2D eigenvalue weighted by molar-refractivity contribution is 6.30. The molecule has 0 aliphatic heterocycles. The van der Waals surface area contributed by atoms with Crippen molar-refractivity contribution in [2.75, 3.05) is 0 Å². The Labute approximate surface area is 116 Å². The second-order valence-corrected chi connectivity index (χ2v) is 4.98. The number of halogens is 1. The molecule has 0 aliphatic rings. The Morgan fingerprint density at radius 2 is 1.95 bits per heavy atom. The molecule has 0 saturated carbocycles. The lowest BCUT2D eigenvalue weighted by molar-refractivity contribution is 0.477. The summed E-state index contributed by atoms with van der Waals surface area (Å²) in [6.07, 6.45) is 0. The molecule has 0 aliphatic carbocycles. The zero-order valence-electron chi connectivity index (χ0n) is 10.7. The van der Waals surface area contributed by atoms with E-state index in [4.69, 9.17) is 11.6 Å². The summed E-state index contributed by atoms with van der Waals surface area (Å²) in [5.74, 6) is 0.208. The van der Waals surface area contributed by atoms with Crippen LogP contribution in [0.25, 0.3) is 22.2 Å². The van der Waals surface area contributed by atoms with Gasteiger partial charge in [-0.15, -0.1) is 0 Å². The highest BCUT2D eigenvalue weighted by atomic mass is 35.5. The molecule has 3 aromatic rings. The number of pyridine rings is 1. The van der Waals surface area contributed by atoms with E-state index in [0.29, 0.717) is 16.4 Å². The first kappa shape index (κ1) is 12.1. The molecular weight excluding hydrogens is 260 g/mol. The standard InChI is InChI=1S/C15H13ClN2O/c1-9-7-11-12(18(9)2)8-14(16)17-15(11)10-5-3-4-6-13(10)19/h3-8,19H,1-2H3. The van der Waals surface area contributed by atoms with E-state index in [-0.39, 0.29) is 5.75 Å². The number of fused-ring (bicyclic) bond motifs is 1. The molecule has 2 heterocycles.